The van der Waals surface area contributed by atoms with E-state index in [2.05, 4.69) is 16.7 Å². The predicted octanol–water partition coefficient (Wildman–Crippen LogP) is 5.28. The number of halogens is 1. The van der Waals surface area contributed by atoms with E-state index in [0.29, 0.717) is 17.1 Å². The van der Waals surface area contributed by atoms with Crippen molar-refractivity contribution in [3.05, 3.63) is 88.9 Å². The molecule has 1 heterocycles. The van der Waals surface area contributed by atoms with Crippen LogP contribution in [0.5, 0.6) is 0 Å². The van der Waals surface area contributed by atoms with Crippen molar-refractivity contribution in [1.82, 2.24) is 9.55 Å². The average Bonchev–Trinajstić information content (AvgIpc) is 3.01. The Labute approximate surface area is 150 Å². The smallest absolute Gasteiger partial charge is 0.141 e. The van der Waals surface area contributed by atoms with Crippen LogP contribution in [0.3, 0.4) is 0 Å². The third-order valence-electron chi connectivity index (χ3n) is 4.13. The molecule has 0 saturated heterocycles. The van der Waals surface area contributed by atoms with Crippen LogP contribution in [0.2, 0.25) is 5.02 Å². The summed E-state index contributed by atoms with van der Waals surface area (Å²) in [7, 11) is 0. The number of benzene rings is 3. The fraction of sp³-hybridized carbons (Fsp3) is 0.0476. The maximum absolute atomic E-state index is 9.14. The minimum absolute atomic E-state index is 0.637. The Balaban J connectivity index is 1.89. The molecule has 0 fully saturated rings. The Morgan fingerprint density at radius 1 is 0.960 bits per heavy atom. The molecule has 4 heteroatoms. The fourth-order valence-electron chi connectivity index (χ4n) is 3.01. The fourth-order valence-corrected chi connectivity index (χ4v) is 3.20. The number of nitriles is 1. The largest absolute Gasteiger partial charge is 0.319 e. The Morgan fingerprint density at radius 3 is 2.64 bits per heavy atom. The van der Waals surface area contributed by atoms with Gasteiger partial charge in [0, 0.05) is 17.1 Å². The predicted molar refractivity (Wildman–Crippen MR) is 100 cm³/mol. The van der Waals surface area contributed by atoms with Gasteiger partial charge in [-0.15, -0.1) is 0 Å². The van der Waals surface area contributed by atoms with Crippen LogP contribution in [0.4, 0.5) is 0 Å². The lowest BCUT2D eigenvalue weighted by Crippen LogP contribution is -2.02. The highest BCUT2D eigenvalue weighted by atomic mass is 35.5. The summed E-state index contributed by atoms with van der Waals surface area (Å²) in [5, 5.41) is 9.82. The molecular formula is C21H14ClN3. The molecule has 0 aliphatic heterocycles. The van der Waals surface area contributed by atoms with Gasteiger partial charge in [-0.3, -0.25) is 0 Å². The molecule has 120 valence electrons. The van der Waals surface area contributed by atoms with Crippen LogP contribution in [0, 0.1) is 11.3 Å². The lowest BCUT2D eigenvalue weighted by Gasteiger charge is -2.10. The molecule has 1 aromatic heterocycles. The molecule has 25 heavy (non-hydrogen) atoms. The van der Waals surface area contributed by atoms with Crippen LogP contribution in [-0.4, -0.2) is 9.55 Å². The van der Waals surface area contributed by atoms with Crippen molar-refractivity contribution in [1.29, 1.82) is 5.26 Å². The summed E-state index contributed by atoms with van der Waals surface area (Å²) in [6.45, 7) is 0.637. The maximum atomic E-state index is 9.14. The van der Waals surface area contributed by atoms with E-state index in [1.807, 2.05) is 66.7 Å². The molecule has 0 aliphatic carbocycles. The normalized spacial score (nSPS) is 10.7. The van der Waals surface area contributed by atoms with E-state index < -0.39 is 0 Å². The molecule has 0 radical (unpaired) electrons. The van der Waals surface area contributed by atoms with Crippen LogP contribution in [-0.2, 0) is 6.54 Å². The molecule has 0 N–H and O–H groups in total. The number of imidazole rings is 1. The zero-order valence-corrected chi connectivity index (χ0v) is 14.1. The third kappa shape index (κ3) is 3.00. The number of aromatic nitrogens is 2. The average molecular weight is 344 g/mol. The first kappa shape index (κ1) is 15.4. The summed E-state index contributed by atoms with van der Waals surface area (Å²) in [4.78, 5) is 4.80. The summed E-state index contributed by atoms with van der Waals surface area (Å²) in [5.41, 5.74) is 4.69. The highest BCUT2D eigenvalue weighted by Crippen LogP contribution is 2.27. The molecule has 0 atom stereocenters. The molecule has 3 nitrogen and oxygen atoms in total. The molecular weight excluding hydrogens is 330 g/mol. The van der Waals surface area contributed by atoms with Crippen molar-refractivity contribution in [2.75, 3.05) is 0 Å². The lowest BCUT2D eigenvalue weighted by atomic mass is 10.1. The van der Waals surface area contributed by atoms with Crippen molar-refractivity contribution in [3.63, 3.8) is 0 Å². The van der Waals surface area contributed by atoms with E-state index in [-0.39, 0.29) is 0 Å². The van der Waals surface area contributed by atoms with Crippen LogP contribution in [0.15, 0.2) is 72.8 Å². The van der Waals surface area contributed by atoms with E-state index in [0.717, 1.165) is 28.0 Å². The summed E-state index contributed by atoms with van der Waals surface area (Å²) in [6, 6.07) is 25.6. The summed E-state index contributed by atoms with van der Waals surface area (Å²) < 4.78 is 2.16. The lowest BCUT2D eigenvalue weighted by molar-refractivity contribution is 0.834. The second-order valence-corrected chi connectivity index (χ2v) is 6.27. The van der Waals surface area contributed by atoms with Crippen molar-refractivity contribution in [3.8, 4) is 17.5 Å². The zero-order chi connectivity index (χ0) is 17.2. The van der Waals surface area contributed by atoms with Gasteiger partial charge in [0.05, 0.1) is 22.7 Å². The molecule has 0 amide bonds. The Kier molecular flexibility index (Phi) is 3.97. The van der Waals surface area contributed by atoms with E-state index in [4.69, 9.17) is 21.8 Å². The molecule has 3 aromatic carbocycles. The third-order valence-corrected chi connectivity index (χ3v) is 4.37. The zero-order valence-electron chi connectivity index (χ0n) is 13.4. The number of hydrogen-bond donors (Lipinski definition) is 0. The number of para-hydroxylation sites is 2. The Hall–Kier alpha value is -3.09. The van der Waals surface area contributed by atoms with Gasteiger partial charge < -0.3 is 4.57 Å². The number of fused-ring (bicyclic) bond motifs is 1. The highest BCUT2D eigenvalue weighted by molar-refractivity contribution is 6.30. The summed E-state index contributed by atoms with van der Waals surface area (Å²) in [6.07, 6.45) is 0. The summed E-state index contributed by atoms with van der Waals surface area (Å²) in [5.74, 6) is 0.867. The first-order chi connectivity index (χ1) is 12.2. The molecule has 0 unspecified atom stereocenters. The monoisotopic (exact) mass is 343 g/mol. The SMILES string of the molecule is N#Cc1cccc(Cn2c(-c3cccc(Cl)c3)nc3ccccc32)c1. The second-order valence-electron chi connectivity index (χ2n) is 5.83. The minimum Gasteiger partial charge on any atom is -0.319 e. The maximum Gasteiger partial charge on any atom is 0.141 e. The van der Waals surface area contributed by atoms with E-state index >= 15 is 0 Å². The topological polar surface area (TPSA) is 41.6 Å². The van der Waals surface area contributed by atoms with Crippen LogP contribution < -0.4 is 0 Å². The van der Waals surface area contributed by atoms with Crippen LogP contribution in [0.1, 0.15) is 11.1 Å². The molecule has 0 aliphatic rings. The van der Waals surface area contributed by atoms with E-state index in [1.54, 1.807) is 0 Å². The number of nitrogens with zero attached hydrogens (tertiary/aromatic N) is 3. The van der Waals surface area contributed by atoms with Gasteiger partial charge in [-0.25, -0.2) is 4.98 Å². The van der Waals surface area contributed by atoms with Gasteiger partial charge in [-0.2, -0.15) is 5.26 Å². The van der Waals surface area contributed by atoms with Gasteiger partial charge >= 0.3 is 0 Å². The van der Waals surface area contributed by atoms with Gasteiger partial charge in [0.15, 0.2) is 0 Å². The Bertz CT molecular complexity index is 1110. The van der Waals surface area contributed by atoms with Crippen molar-refractivity contribution in [2.45, 2.75) is 6.54 Å². The minimum atomic E-state index is 0.637. The number of rotatable bonds is 3. The van der Waals surface area contributed by atoms with Crippen molar-refractivity contribution >= 4 is 22.6 Å². The number of hydrogen-bond acceptors (Lipinski definition) is 2. The quantitative estimate of drug-likeness (QED) is 0.508. The Morgan fingerprint density at radius 2 is 1.80 bits per heavy atom. The van der Waals surface area contributed by atoms with Gasteiger partial charge in [0.1, 0.15) is 5.82 Å². The first-order valence-corrected chi connectivity index (χ1v) is 8.32. The standard InChI is InChI=1S/C21H14ClN3/c22-18-8-4-7-17(12-18)21-24-19-9-1-2-10-20(19)25(21)14-16-6-3-5-15(11-16)13-23/h1-12H,14H2. The van der Waals surface area contributed by atoms with Crippen LogP contribution >= 0.6 is 11.6 Å². The van der Waals surface area contributed by atoms with Gasteiger partial charge in [-0.05, 0) is 42.0 Å². The van der Waals surface area contributed by atoms with E-state index in [9.17, 15) is 0 Å². The van der Waals surface area contributed by atoms with E-state index in [1.165, 1.54) is 0 Å². The molecule has 0 spiro atoms. The molecule has 0 saturated carbocycles. The molecule has 4 aromatic rings. The van der Waals surface area contributed by atoms with Gasteiger partial charge in [0.25, 0.3) is 0 Å². The van der Waals surface area contributed by atoms with Gasteiger partial charge in [-0.1, -0.05) is 48.0 Å². The van der Waals surface area contributed by atoms with Crippen molar-refractivity contribution in [2.24, 2.45) is 0 Å². The summed E-state index contributed by atoms with van der Waals surface area (Å²) >= 11 is 6.17. The first-order valence-electron chi connectivity index (χ1n) is 7.95. The highest BCUT2D eigenvalue weighted by Gasteiger charge is 2.13. The second kappa shape index (κ2) is 6.43. The van der Waals surface area contributed by atoms with Crippen molar-refractivity contribution < 1.29 is 0 Å². The molecule has 0 bridgehead atoms. The molecule has 4 rings (SSSR count). The van der Waals surface area contributed by atoms with Gasteiger partial charge in [0.2, 0.25) is 0 Å². The van der Waals surface area contributed by atoms with Crippen LogP contribution in [0.25, 0.3) is 22.4 Å².